The van der Waals surface area contributed by atoms with E-state index in [1.165, 1.54) is 10.9 Å². The van der Waals surface area contributed by atoms with Crippen molar-refractivity contribution in [2.75, 3.05) is 0 Å². The second-order valence-electron chi connectivity index (χ2n) is 3.84. The highest BCUT2D eigenvalue weighted by Crippen LogP contribution is 2.36. The summed E-state index contributed by atoms with van der Waals surface area (Å²) in [6, 6.07) is 0. The van der Waals surface area contributed by atoms with Crippen molar-refractivity contribution >= 4 is 43.9 Å². The molecule has 0 amide bonds. The van der Waals surface area contributed by atoms with E-state index in [-0.39, 0.29) is 0 Å². The number of thiophene rings is 1. The molecule has 0 bridgehead atoms. The zero-order chi connectivity index (χ0) is 11.2. The van der Waals surface area contributed by atoms with E-state index in [0.29, 0.717) is 0 Å². The van der Waals surface area contributed by atoms with Gasteiger partial charge in [0, 0.05) is 28.2 Å². The van der Waals surface area contributed by atoms with Gasteiger partial charge in [-0.15, -0.1) is 5.73 Å². The van der Waals surface area contributed by atoms with Gasteiger partial charge in [-0.3, -0.25) is 0 Å². The smallest absolute Gasteiger partial charge is 0.129 e. The number of fused-ring (bicyclic) bond motifs is 5. The average molecular weight is 237 g/mol. The molecule has 0 atom stereocenters. The molecule has 0 aromatic carbocycles. The Labute approximate surface area is 101 Å². The van der Waals surface area contributed by atoms with Crippen LogP contribution in [0.4, 0.5) is 0 Å². The third-order valence-corrected chi connectivity index (χ3v) is 3.89. The van der Waals surface area contributed by atoms with Gasteiger partial charge >= 0.3 is 0 Å². The molecule has 3 heterocycles. The molecule has 4 heteroatoms. The summed E-state index contributed by atoms with van der Waals surface area (Å²) in [6.07, 6.45) is 11.4. The van der Waals surface area contributed by atoms with Gasteiger partial charge in [0.05, 0.1) is 0 Å². The number of allylic oxidation sites excluding steroid dienone is 2. The fraction of sp³-hybridized carbons (Fsp3) is 0. The van der Waals surface area contributed by atoms with Gasteiger partial charge in [0.25, 0.3) is 0 Å². The monoisotopic (exact) mass is 237 g/mol. The number of nitrogens with one attached hydrogen (secondary N) is 1. The van der Waals surface area contributed by atoms with Gasteiger partial charge in [-0.2, -0.15) is 0 Å². The molecule has 1 aliphatic rings. The molecule has 3 aromatic rings. The molecule has 1 N–H and O–H groups in total. The summed E-state index contributed by atoms with van der Waals surface area (Å²) >= 11 is 1.66. The van der Waals surface area contributed by atoms with Crippen LogP contribution in [0.1, 0.15) is 11.3 Å². The summed E-state index contributed by atoms with van der Waals surface area (Å²) in [7, 11) is 0. The van der Waals surface area contributed by atoms with Gasteiger partial charge in [0.1, 0.15) is 16.0 Å². The predicted molar refractivity (Wildman–Crippen MR) is 70.9 cm³/mol. The largest absolute Gasteiger partial charge is 0.346 e. The lowest BCUT2D eigenvalue weighted by Crippen LogP contribution is -1.77. The predicted octanol–water partition coefficient (Wildman–Crippen LogP) is 3.37. The van der Waals surface area contributed by atoms with Gasteiger partial charge in [0.15, 0.2) is 0 Å². The van der Waals surface area contributed by atoms with Crippen LogP contribution >= 0.6 is 11.3 Å². The summed E-state index contributed by atoms with van der Waals surface area (Å²) in [5.41, 5.74) is 5.44. The Balaban J connectivity index is 2.26. The summed E-state index contributed by atoms with van der Waals surface area (Å²) in [6.45, 7) is 0. The highest BCUT2D eigenvalue weighted by Gasteiger charge is 2.14. The van der Waals surface area contributed by atoms with Crippen LogP contribution in [0.2, 0.25) is 0 Å². The second-order valence-corrected chi connectivity index (χ2v) is 4.84. The molecule has 0 saturated heterocycles. The van der Waals surface area contributed by atoms with Crippen molar-refractivity contribution < 1.29 is 0 Å². The molecular weight excluding hydrogens is 230 g/mol. The molecular formula is C13H7N3S. The SMILES string of the molecule is C1=CC=Cc2[nH]c3sc4ncncc4c3c2C=1. The molecule has 0 saturated carbocycles. The quantitative estimate of drug-likeness (QED) is 0.609. The Morgan fingerprint density at radius 1 is 1.35 bits per heavy atom. The Hall–Kier alpha value is -2.16. The fourth-order valence-electron chi connectivity index (χ4n) is 2.13. The zero-order valence-electron chi connectivity index (χ0n) is 8.77. The minimum absolute atomic E-state index is 1.02. The molecule has 0 aliphatic heterocycles. The maximum atomic E-state index is 4.29. The van der Waals surface area contributed by atoms with E-state index in [0.717, 1.165) is 20.7 Å². The van der Waals surface area contributed by atoms with Crippen molar-refractivity contribution in [3.63, 3.8) is 0 Å². The number of nitrogens with zero attached hydrogens (tertiary/aromatic N) is 2. The molecule has 3 aromatic heterocycles. The van der Waals surface area contributed by atoms with E-state index in [1.54, 1.807) is 17.7 Å². The van der Waals surface area contributed by atoms with Crippen LogP contribution < -0.4 is 0 Å². The minimum atomic E-state index is 1.02. The van der Waals surface area contributed by atoms with E-state index < -0.39 is 0 Å². The lowest BCUT2D eigenvalue weighted by molar-refractivity contribution is 1.24. The van der Waals surface area contributed by atoms with Gasteiger partial charge in [0.2, 0.25) is 0 Å². The van der Waals surface area contributed by atoms with E-state index in [2.05, 4.69) is 26.8 Å². The minimum Gasteiger partial charge on any atom is -0.346 e. The Morgan fingerprint density at radius 2 is 2.35 bits per heavy atom. The van der Waals surface area contributed by atoms with Crippen LogP contribution in [0.5, 0.6) is 0 Å². The van der Waals surface area contributed by atoms with Crippen molar-refractivity contribution in [3.05, 3.63) is 41.7 Å². The first kappa shape index (κ1) is 8.93. The number of hydrogen-bond acceptors (Lipinski definition) is 3. The first-order chi connectivity index (χ1) is 8.43. The van der Waals surface area contributed by atoms with Crippen LogP contribution in [-0.2, 0) is 0 Å². The molecule has 1 aliphatic carbocycles. The number of rotatable bonds is 0. The summed E-state index contributed by atoms with van der Waals surface area (Å²) in [5.74, 6) is 0. The van der Waals surface area contributed by atoms with Crippen LogP contribution in [-0.4, -0.2) is 15.0 Å². The van der Waals surface area contributed by atoms with Crippen molar-refractivity contribution in [2.45, 2.75) is 0 Å². The molecule has 0 radical (unpaired) electrons. The van der Waals surface area contributed by atoms with Crippen LogP contribution in [0.25, 0.3) is 32.6 Å². The van der Waals surface area contributed by atoms with E-state index in [1.807, 2.05) is 24.4 Å². The lowest BCUT2D eigenvalue weighted by atomic mass is 10.1. The number of aromatic amines is 1. The van der Waals surface area contributed by atoms with Crippen molar-refractivity contribution in [1.29, 1.82) is 0 Å². The highest BCUT2D eigenvalue weighted by atomic mass is 32.1. The molecule has 80 valence electrons. The third-order valence-electron chi connectivity index (χ3n) is 2.86. The van der Waals surface area contributed by atoms with Gasteiger partial charge in [-0.25, -0.2) is 9.97 Å². The normalized spacial score (nSPS) is 13.4. The molecule has 17 heavy (non-hydrogen) atoms. The number of hydrogen-bond donors (Lipinski definition) is 1. The fourth-order valence-corrected chi connectivity index (χ4v) is 3.17. The second kappa shape index (κ2) is 3.17. The van der Waals surface area contributed by atoms with E-state index in [4.69, 9.17) is 0 Å². The van der Waals surface area contributed by atoms with Crippen molar-refractivity contribution in [3.8, 4) is 0 Å². The molecule has 4 rings (SSSR count). The Bertz CT molecular complexity index is 829. The van der Waals surface area contributed by atoms with Gasteiger partial charge in [-0.1, -0.05) is 17.4 Å². The van der Waals surface area contributed by atoms with Crippen LogP contribution in [0.3, 0.4) is 0 Å². The molecule has 0 unspecified atom stereocenters. The first-order valence-electron chi connectivity index (χ1n) is 5.27. The summed E-state index contributed by atoms with van der Waals surface area (Å²) in [4.78, 5) is 14.0. The number of aromatic nitrogens is 3. The maximum Gasteiger partial charge on any atom is 0.129 e. The molecule has 0 fully saturated rings. The molecule has 3 nitrogen and oxygen atoms in total. The third kappa shape index (κ3) is 1.16. The number of H-pyrrole nitrogens is 1. The lowest BCUT2D eigenvalue weighted by Gasteiger charge is -1.92. The summed E-state index contributed by atoms with van der Waals surface area (Å²) in [5, 5.41) is 2.31. The standard InChI is InChI=1S/C13H7N3S/c1-2-4-8-10(5-3-1)16-13-11(8)9-6-14-7-15-12(9)17-13/h1,3-7,16H. The first-order valence-corrected chi connectivity index (χ1v) is 6.08. The van der Waals surface area contributed by atoms with Gasteiger partial charge in [-0.05, 0) is 18.2 Å². The highest BCUT2D eigenvalue weighted by molar-refractivity contribution is 7.25. The average Bonchev–Trinajstić information content (AvgIpc) is 2.77. The summed E-state index contributed by atoms with van der Waals surface area (Å²) < 4.78 is 0. The van der Waals surface area contributed by atoms with Crippen molar-refractivity contribution in [1.82, 2.24) is 15.0 Å². The Kier molecular flexibility index (Phi) is 1.66. The Morgan fingerprint density at radius 3 is 3.35 bits per heavy atom. The zero-order valence-corrected chi connectivity index (χ0v) is 9.58. The van der Waals surface area contributed by atoms with Crippen LogP contribution in [0.15, 0.2) is 30.4 Å². The van der Waals surface area contributed by atoms with E-state index in [9.17, 15) is 0 Å². The van der Waals surface area contributed by atoms with Crippen molar-refractivity contribution in [2.24, 2.45) is 0 Å². The topological polar surface area (TPSA) is 41.6 Å². The maximum absolute atomic E-state index is 4.29. The van der Waals surface area contributed by atoms with Gasteiger partial charge < -0.3 is 4.98 Å². The van der Waals surface area contributed by atoms with Crippen LogP contribution in [0, 0.1) is 0 Å². The molecule has 0 spiro atoms. The van der Waals surface area contributed by atoms with E-state index >= 15 is 0 Å².